The molecule has 2 heterocycles. The molecule has 1 aromatic heterocycles. The van der Waals surface area contributed by atoms with Crippen LogP contribution in [-0.4, -0.2) is 65.7 Å². The van der Waals surface area contributed by atoms with Crippen LogP contribution in [0.2, 0.25) is 0 Å². The van der Waals surface area contributed by atoms with Crippen molar-refractivity contribution >= 4 is 33.6 Å². The van der Waals surface area contributed by atoms with E-state index in [1.54, 1.807) is 0 Å². The molecule has 1 aliphatic heterocycles. The van der Waals surface area contributed by atoms with Crippen molar-refractivity contribution in [2.24, 2.45) is 12.8 Å². The van der Waals surface area contributed by atoms with Gasteiger partial charge in [-0.1, -0.05) is 0 Å². The number of sulfonamides is 1. The van der Waals surface area contributed by atoms with Gasteiger partial charge in [0.15, 0.2) is 0 Å². The summed E-state index contributed by atoms with van der Waals surface area (Å²) in [6, 6.07) is 6.27. The summed E-state index contributed by atoms with van der Waals surface area (Å²) in [6.07, 6.45) is 1.30. The Balaban J connectivity index is 1.65. The summed E-state index contributed by atoms with van der Waals surface area (Å²) in [5.41, 5.74) is 1.09. The molecule has 2 amide bonds. The highest BCUT2D eigenvalue weighted by Gasteiger charge is 2.32. The molecular formula is C18H19F3N4O4S2. The highest BCUT2D eigenvalue weighted by Crippen LogP contribution is 2.36. The molecule has 0 radical (unpaired) electrons. The Morgan fingerprint density at radius 1 is 1.06 bits per heavy atom. The van der Waals surface area contributed by atoms with Crippen LogP contribution in [0.1, 0.15) is 20.8 Å². The Morgan fingerprint density at radius 2 is 1.65 bits per heavy atom. The summed E-state index contributed by atoms with van der Waals surface area (Å²) < 4.78 is 65.5. The van der Waals surface area contributed by atoms with E-state index in [2.05, 4.69) is 0 Å². The number of halogens is 3. The van der Waals surface area contributed by atoms with E-state index in [0.29, 0.717) is 0 Å². The van der Waals surface area contributed by atoms with Crippen LogP contribution in [0.5, 0.6) is 0 Å². The molecule has 1 aliphatic rings. The molecule has 2 aromatic rings. The topological polar surface area (TPSA) is 106 Å². The van der Waals surface area contributed by atoms with Gasteiger partial charge in [0.2, 0.25) is 10.0 Å². The standard InChI is InChI=1S/C18H19F3N4O4S2/c1-23-11-14(10-15(23)16(22)26)31(28,29)25-8-6-24(7-9-25)17(27)12-2-4-13(5-3-12)30-18(19,20)21/h2-5,10-11H,6-9H2,1H3,(H2,22,26). The van der Waals surface area contributed by atoms with Crippen LogP contribution in [0.15, 0.2) is 46.3 Å². The number of nitrogens with zero attached hydrogens (tertiary/aromatic N) is 3. The average molecular weight is 477 g/mol. The van der Waals surface area contributed by atoms with E-state index in [1.807, 2.05) is 0 Å². The maximum absolute atomic E-state index is 12.8. The van der Waals surface area contributed by atoms with Gasteiger partial charge in [-0.3, -0.25) is 9.59 Å². The number of carbonyl (C=O) groups excluding carboxylic acids is 2. The summed E-state index contributed by atoms with van der Waals surface area (Å²) in [5, 5.41) is 0. The van der Waals surface area contributed by atoms with Crippen molar-refractivity contribution in [1.29, 1.82) is 0 Å². The first-order valence-corrected chi connectivity index (χ1v) is 11.3. The van der Waals surface area contributed by atoms with E-state index in [-0.39, 0.29) is 59.0 Å². The summed E-state index contributed by atoms with van der Waals surface area (Å²) in [5.74, 6) is -1.14. The molecule has 168 valence electrons. The number of aromatic nitrogens is 1. The third kappa shape index (κ3) is 5.22. The zero-order chi connectivity index (χ0) is 23.0. The first kappa shape index (κ1) is 23.2. The quantitative estimate of drug-likeness (QED) is 0.664. The molecule has 3 rings (SSSR count). The normalized spacial score (nSPS) is 15.8. The Bertz CT molecular complexity index is 1090. The van der Waals surface area contributed by atoms with E-state index >= 15 is 0 Å². The van der Waals surface area contributed by atoms with Crippen LogP contribution in [0.25, 0.3) is 0 Å². The van der Waals surface area contributed by atoms with Crippen molar-refractivity contribution in [3.63, 3.8) is 0 Å². The lowest BCUT2D eigenvalue weighted by Gasteiger charge is -2.33. The van der Waals surface area contributed by atoms with Gasteiger partial charge >= 0.3 is 5.51 Å². The van der Waals surface area contributed by atoms with E-state index in [0.717, 1.165) is 0 Å². The average Bonchev–Trinajstić information content (AvgIpc) is 3.10. The van der Waals surface area contributed by atoms with Gasteiger partial charge in [-0.25, -0.2) is 8.42 Å². The molecule has 0 spiro atoms. The highest BCUT2D eigenvalue weighted by molar-refractivity contribution is 8.00. The van der Waals surface area contributed by atoms with Gasteiger partial charge in [-0.2, -0.15) is 17.5 Å². The van der Waals surface area contributed by atoms with Crippen molar-refractivity contribution in [3.05, 3.63) is 47.8 Å². The number of thioether (sulfide) groups is 1. The SMILES string of the molecule is Cn1cc(S(=O)(=O)N2CCN(C(=O)c3ccc(SC(F)(F)F)cc3)CC2)cc1C(N)=O. The van der Waals surface area contributed by atoms with Crippen molar-refractivity contribution < 1.29 is 31.2 Å². The first-order valence-electron chi connectivity index (χ1n) is 9.00. The number of amides is 2. The molecule has 0 unspecified atom stereocenters. The fourth-order valence-electron chi connectivity index (χ4n) is 3.18. The second kappa shape index (κ2) is 8.55. The number of alkyl halides is 3. The molecule has 0 bridgehead atoms. The Kier molecular flexibility index (Phi) is 6.39. The smallest absolute Gasteiger partial charge is 0.364 e. The van der Waals surface area contributed by atoms with Gasteiger partial charge < -0.3 is 15.2 Å². The molecule has 0 atom stereocenters. The zero-order valence-electron chi connectivity index (χ0n) is 16.3. The van der Waals surface area contributed by atoms with Crippen LogP contribution in [-0.2, 0) is 17.1 Å². The molecule has 1 saturated heterocycles. The maximum Gasteiger partial charge on any atom is 0.446 e. The predicted octanol–water partition coefficient (Wildman–Crippen LogP) is 1.88. The maximum atomic E-state index is 12.8. The van der Waals surface area contributed by atoms with E-state index in [9.17, 15) is 31.2 Å². The van der Waals surface area contributed by atoms with Gasteiger partial charge in [0, 0.05) is 49.9 Å². The van der Waals surface area contributed by atoms with Crippen LogP contribution in [0.4, 0.5) is 13.2 Å². The minimum absolute atomic E-state index is 0.0295. The number of rotatable bonds is 5. The van der Waals surface area contributed by atoms with Crippen LogP contribution < -0.4 is 5.73 Å². The number of primary amides is 1. The fourth-order valence-corrected chi connectivity index (χ4v) is 5.22. The molecule has 1 aromatic carbocycles. The molecule has 1 fully saturated rings. The lowest BCUT2D eigenvalue weighted by molar-refractivity contribution is -0.0328. The predicted molar refractivity (Wildman–Crippen MR) is 107 cm³/mol. The Hall–Kier alpha value is -2.51. The molecule has 8 nitrogen and oxygen atoms in total. The van der Waals surface area contributed by atoms with Crippen molar-refractivity contribution in [3.8, 4) is 0 Å². The summed E-state index contributed by atoms with van der Waals surface area (Å²) >= 11 is -0.267. The second-order valence-corrected chi connectivity index (χ2v) is 9.88. The minimum Gasteiger partial charge on any atom is -0.364 e. The van der Waals surface area contributed by atoms with Crippen molar-refractivity contribution in [2.45, 2.75) is 15.3 Å². The van der Waals surface area contributed by atoms with Crippen LogP contribution in [0, 0.1) is 0 Å². The van der Waals surface area contributed by atoms with Gasteiger partial charge in [-0.15, -0.1) is 0 Å². The molecule has 0 aliphatic carbocycles. The van der Waals surface area contributed by atoms with Gasteiger partial charge in [0.05, 0.1) is 0 Å². The van der Waals surface area contributed by atoms with Crippen molar-refractivity contribution in [1.82, 2.24) is 13.8 Å². The third-order valence-electron chi connectivity index (χ3n) is 4.73. The second-order valence-electron chi connectivity index (χ2n) is 6.80. The van der Waals surface area contributed by atoms with Crippen LogP contribution in [0.3, 0.4) is 0 Å². The number of hydrogen-bond acceptors (Lipinski definition) is 5. The molecule has 31 heavy (non-hydrogen) atoms. The van der Waals surface area contributed by atoms with Gasteiger partial charge in [0.1, 0.15) is 10.6 Å². The van der Waals surface area contributed by atoms with Crippen molar-refractivity contribution in [2.75, 3.05) is 26.2 Å². The number of aryl methyl sites for hydroxylation is 1. The third-order valence-corrected chi connectivity index (χ3v) is 7.33. The summed E-state index contributed by atoms with van der Waals surface area (Å²) in [4.78, 5) is 25.3. The minimum atomic E-state index is -4.41. The Morgan fingerprint density at radius 3 is 2.13 bits per heavy atom. The number of piperazine rings is 1. The number of hydrogen-bond donors (Lipinski definition) is 1. The van der Waals surface area contributed by atoms with E-state index < -0.39 is 27.3 Å². The van der Waals surface area contributed by atoms with E-state index in [1.165, 1.54) is 57.3 Å². The highest BCUT2D eigenvalue weighted by atomic mass is 32.2. The summed E-state index contributed by atoms with van der Waals surface area (Å²) in [7, 11) is -2.37. The van der Waals surface area contributed by atoms with Gasteiger partial charge in [-0.05, 0) is 42.1 Å². The zero-order valence-corrected chi connectivity index (χ0v) is 17.9. The molecule has 0 saturated carbocycles. The van der Waals surface area contributed by atoms with Gasteiger partial charge in [0.25, 0.3) is 11.8 Å². The largest absolute Gasteiger partial charge is 0.446 e. The molecule has 2 N–H and O–H groups in total. The lowest BCUT2D eigenvalue weighted by Crippen LogP contribution is -2.50. The number of carbonyl (C=O) groups is 2. The van der Waals surface area contributed by atoms with E-state index in [4.69, 9.17) is 5.73 Å². The number of benzene rings is 1. The molecule has 13 heteroatoms. The fraction of sp³-hybridized carbons (Fsp3) is 0.333. The lowest BCUT2D eigenvalue weighted by atomic mass is 10.2. The monoisotopic (exact) mass is 476 g/mol. The number of nitrogens with two attached hydrogens (primary N) is 1. The first-order chi connectivity index (χ1) is 14.4. The Labute approximate surface area is 180 Å². The molecular weight excluding hydrogens is 457 g/mol. The van der Waals surface area contributed by atoms with Crippen LogP contribution >= 0.6 is 11.8 Å². The summed E-state index contributed by atoms with van der Waals surface area (Å²) in [6.45, 7) is 0.313.